The molecule has 0 aliphatic rings. The summed E-state index contributed by atoms with van der Waals surface area (Å²) in [5.41, 5.74) is 1.08. The molecule has 3 nitrogen and oxygen atoms in total. The number of rotatable bonds is 5. The van der Waals surface area contributed by atoms with Crippen LogP contribution in [0.2, 0.25) is 0 Å². The van der Waals surface area contributed by atoms with Crippen LogP contribution in [0.4, 0.5) is 4.39 Å². The van der Waals surface area contributed by atoms with Gasteiger partial charge in [-0.25, -0.2) is 4.39 Å². The highest BCUT2D eigenvalue weighted by atomic mass is 19.1. The Hall–Kier alpha value is -2.23. The number of para-hydroxylation sites is 1. The van der Waals surface area contributed by atoms with E-state index < -0.39 is 5.82 Å². The number of aldehydes is 1. The highest BCUT2D eigenvalue weighted by Crippen LogP contribution is 2.21. The lowest BCUT2D eigenvalue weighted by molar-refractivity contribution is 0.111. The first-order chi connectivity index (χ1) is 8.81. The minimum atomic E-state index is -0.527. The molecular weight excluding hydrogens is 233 g/mol. The minimum Gasteiger partial charge on any atom is -0.489 e. The quantitative estimate of drug-likeness (QED) is 0.760. The van der Waals surface area contributed by atoms with E-state index in [-0.39, 0.29) is 17.9 Å². The normalized spacial score (nSPS) is 10.1. The van der Waals surface area contributed by atoms with Gasteiger partial charge in [0.15, 0.2) is 17.9 Å². The van der Waals surface area contributed by atoms with Gasteiger partial charge in [-0.2, -0.15) is 0 Å². The molecule has 0 aliphatic heterocycles. The van der Waals surface area contributed by atoms with Crippen LogP contribution in [0.5, 0.6) is 5.75 Å². The molecule has 1 aromatic heterocycles. The second-order valence-electron chi connectivity index (χ2n) is 3.70. The number of halogens is 1. The largest absolute Gasteiger partial charge is 0.489 e. The van der Waals surface area contributed by atoms with E-state index in [1.165, 1.54) is 18.2 Å². The van der Waals surface area contributed by atoms with E-state index in [1.54, 1.807) is 6.20 Å². The maximum Gasteiger partial charge on any atom is 0.165 e. The van der Waals surface area contributed by atoms with Crippen LogP contribution in [0.1, 0.15) is 16.1 Å². The number of nitrogens with zero attached hydrogens (tertiary/aromatic N) is 1. The van der Waals surface area contributed by atoms with Crippen LogP contribution in [0.3, 0.4) is 0 Å². The third-order valence-corrected chi connectivity index (χ3v) is 2.46. The van der Waals surface area contributed by atoms with Gasteiger partial charge in [0.25, 0.3) is 0 Å². The summed E-state index contributed by atoms with van der Waals surface area (Å²) in [4.78, 5) is 14.9. The average Bonchev–Trinajstić information content (AvgIpc) is 2.41. The molecule has 0 spiro atoms. The molecule has 0 unspecified atom stereocenters. The van der Waals surface area contributed by atoms with Crippen molar-refractivity contribution >= 4 is 6.29 Å². The second kappa shape index (κ2) is 5.91. The van der Waals surface area contributed by atoms with E-state index in [1.807, 2.05) is 18.2 Å². The Morgan fingerprint density at radius 3 is 2.83 bits per heavy atom. The molecule has 2 rings (SSSR count). The van der Waals surface area contributed by atoms with Crippen LogP contribution in [0, 0.1) is 5.82 Å². The van der Waals surface area contributed by atoms with E-state index in [9.17, 15) is 9.18 Å². The Bertz CT molecular complexity index is 529. The molecule has 0 amide bonds. The molecule has 0 aliphatic carbocycles. The molecule has 0 bridgehead atoms. The summed E-state index contributed by atoms with van der Waals surface area (Å²) in [6.07, 6.45) is 2.84. The van der Waals surface area contributed by atoms with E-state index >= 15 is 0 Å². The van der Waals surface area contributed by atoms with Gasteiger partial charge in [-0.1, -0.05) is 12.1 Å². The highest BCUT2D eigenvalue weighted by molar-refractivity contribution is 5.79. The standard InChI is InChI=1S/C14H12FNO2/c15-13-6-3-4-11(10-17)14(13)18-9-7-12-5-1-2-8-16-12/h1-6,8,10H,7,9H2. The molecule has 0 radical (unpaired) electrons. The van der Waals surface area contributed by atoms with Crippen molar-refractivity contribution in [3.8, 4) is 5.75 Å². The number of carbonyl (C=O) groups is 1. The number of carbonyl (C=O) groups excluding carboxylic acids is 1. The first-order valence-corrected chi connectivity index (χ1v) is 5.57. The van der Waals surface area contributed by atoms with Crippen LogP contribution in [0.25, 0.3) is 0 Å². The third-order valence-electron chi connectivity index (χ3n) is 2.46. The van der Waals surface area contributed by atoms with Crippen LogP contribution in [0.15, 0.2) is 42.6 Å². The van der Waals surface area contributed by atoms with Crippen molar-refractivity contribution in [2.75, 3.05) is 6.61 Å². The molecule has 4 heteroatoms. The summed E-state index contributed by atoms with van der Waals surface area (Å²) >= 11 is 0. The topological polar surface area (TPSA) is 39.2 Å². The van der Waals surface area contributed by atoms with E-state index in [0.29, 0.717) is 12.7 Å². The number of aromatic nitrogens is 1. The fourth-order valence-corrected chi connectivity index (χ4v) is 1.57. The van der Waals surface area contributed by atoms with Crippen molar-refractivity contribution < 1.29 is 13.9 Å². The van der Waals surface area contributed by atoms with Crippen molar-refractivity contribution in [3.63, 3.8) is 0 Å². The van der Waals surface area contributed by atoms with Gasteiger partial charge in [-0.05, 0) is 24.3 Å². The Morgan fingerprint density at radius 2 is 2.11 bits per heavy atom. The number of hydrogen-bond acceptors (Lipinski definition) is 3. The average molecular weight is 245 g/mol. The van der Waals surface area contributed by atoms with Gasteiger partial charge in [-0.15, -0.1) is 0 Å². The monoisotopic (exact) mass is 245 g/mol. The zero-order chi connectivity index (χ0) is 12.8. The molecule has 0 saturated carbocycles. The number of pyridine rings is 1. The van der Waals surface area contributed by atoms with Gasteiger partial charge in [0.2, 0.25) is 0 Å². The molecule has 1 aromatic carbocycles. The van der Waals surface area contributed by atoms with Gasteiger partial charge in [0, 0.05) is 18.3 Å². The SMILES string of the molecule is O=Cc1cccc(F)c1OCCc1ccccn1. The molecular formula is C14H12FNO2. The Kier molecular flexibility index (Phi) is 4.02. The van der Waals surface area contributed by atoms with Gasteiger partial charge < -0.3 is 4.74 Å². The second-order valence-corrected chi connectivity index (χ2v) is 3.70. The van der Waals surface area contributed by atoms with E-state index in [4.69, 9.17) is 4.74 Å². The molecule has 0 N–H and O–H groups in total. The van der Waals surface area contributed by atoms with Gasteiger partial charge in [0.05, 0.1) is 12.2 Å². The summed E-state index contributed by atoms with van der Waals surface area (Å²) in [6, 6.07) is 9.83. The Labute approximate surface area is 104 Å². The lowest BCUT2D eigenvalue weighted by Crippen LogP contribution is -2.05. The van der Waals surface area contributed by atoms with Crippen LogP contribution < -0.4 is 4.74 Å². The number of ether oxygens (including phenoxy) is 1. The number of hydrogen-bond donors (Lipinski definition) is 0. The number of benzene rings is 1. The summed E-state index contributed by atoms with van der Waals surface area (Å²) < 4.78 is 18.8. The van der Waals surface area contributed by atoms with Crippen molar-refractivity contribution in [2.45, 2.75) is 6.42 Å². The summed E-state index contributed by atoms with van der Waals surface area (Å²) in [7, 11) is 0. The maximum atomic E-state index is 13.5. The summed E-state index contributed by atoms with van der Waals surface area (Å²) in [6.45, 7) is 0.277. The summed E-state index contributed by atoms with van der Waals surface area (Å²) in [5.74, 6) is -0.524. The van der Waals surface area contributed by atoms with Gasteiger partial charge >= 0.3 is 0 Å². The van der Waals surface area contributed by atoms with Crippen molar-refractivity contribution in [1.29, 1.82) is 0 Å². The fraction of sp³-hybridized carbons (Fsp3) is 0.143. The lowest BCUT2D eigenvalue weighted by atomic mass is 10.2. The van der Waals surface area contributed by atoms with Crippen LogP contribution in [-0.2, 0) is 6.42 Å². The van der Waals surface area contributed by atoms with E-state index in [2.05, 4.69) is 4.98 Å². The van der Waals surface area contributed by atoms with Gasteiger partial charge in [-0.3, -0.25) is 9.78 Å². The predicted molar refractivity (Wildman–Crippen MR) is 65.2 cm³/mol. The molecule has 0 atom stereocenters. The first kappa shape index (κ1) is 12.2. The van der Waals surface area contributed by atoms with Crippen molar-refractivity contribution in [3.05, 3.63) is 59.7 Å². The Morgan fingerprint density at radius 1 is 1.22 bits per heavy atom. The fourth-order valence-electron chi connectivity index (χ4n) is 1.57. The molecule has 18 heavy (non-hydrogen) atoms. The van der Waals surface area contributed by atoms with Crippen LogP contribution >= 0.6 is 0 Å². The molecule has 92 valence electrons. The molecule has 1 heterocycles. The van der Waals surface area contributed by atoms with Gasteiger partial charge in [0.1, 0.15) is 0 Å². The minimum absolute atomic E-state index is 0.00318. The molecule has 0 fully saturated rings. The lowest BCUT2D eigenvalue weighted by Gasteiger charge is -2.08. The predicted octanol–water partition coefficient (Wildman–Crippen LogP) is 2.65. The third kappa shape index (κ3) is 2.91. The zero-order valence-corrected chi connectivity index (χ0v) is 9.67. The Balaban J connectivity index is 2.00. The summed E-state index contributed by atoms with van der Waals surface area (Å²) in [5, 5.41) is 0. The smallest absolute Gasteiger partial charge is 0.165 e. The molecule has 2 aromatic rings. The van der Waals surface area contributed by atoms with Crippen molar-refractivity contribution in [1.82, 2.24) is 4.98 Å². The van der Waals surface area contributed by atoms with Crippen LogP contribution in [-0.4, -0.2) is 17.9 Å². The van der Waals surface area contributed by atoms with Crippen molar-refractivity contribution in [2.24, 2.45) is 0 Å². The highest BCUT2D eigenvalue weighted by Gasteiger charge is 2.08. The maximum absolute atomic E-state index is 13.5. The first-order valence-electron chi connectivity index (χ1n) is 5.57. The molecule has 0 saturated heterocycles. The van der Waals surface area contributed by atoms with E-state index in [0.717, 1.165) is 5.69 Å². The zero-order valence-electron chi connectivity index (χ0n) is 9.67.